The highest BCUT2D eigenvalue weighted by molar-refractivity contribution is 6.67. The lowest BCUT2D eigenvalue weighted by atomic mass is 10.1. The van der Waals surface area contributed by atoms with E-state index in [1.807, 2.05) is 36.4 Å². The molecule has 0 fully saturated rings. The van der Waals surface area contributed by atoms with Gasteiger partial charge in [0.25, 0.3) is 0 Å². The van der Waals surface area contributed by atoms with E-state index in [9.17, 15) is 5.11 Å². The van der Waals surface area contributed by atoms with Crippen molar-refractivity contribution >= 4 is 81.8 Å². The molecule has 4 rings (SSSR count). The van der Waals surface area contributed by atoms with Crippen molar-refractivity contribution in [2.45, 2.75) is 28.0 Å². The van der Waals surface area contributed by atoms with Gasteiger partial charge in [-0.05, 0) is 43.2 Å². The summed E-state index contributed by atoms with van der Waals surface area (Å²) in [7, 11) is 3.16. The summed E-state index contributed by atoms with van der Waals surface area (Å²) in [5, 5.41) is 9.33. The fraction of sp³-hybridized carbons (Fsp3) is 0.259. The molecular weight excluding hydrogens is 669 g/mol. The van der Waals surface area contributed by atoms with Crippen LogP contribution >= 0.6 is 69.6 Å². The Morgan fingerprint density at radius 2 is 1.31 bits per heavy atom. The van der Waals surface area contributed by atoms with Gasteiger partial charge in [-0.15, -0.1) is 0 Å². The maximum Gasteiger partial charge on any atom is 0.250 e. The molecule has 9 nitrogen and oxygen atoms in total. The number of benzene rings is 2. The summed E-state index contributed by atoms with van der Waals surface area (Å²) >= 11 is 34.8. The van der Waals surface area contributed by atoms with Gasteiger partial charge in [-0.2, -0.15) is 0 Å². The first-order chi connectivity index (χ1) is 19.7. The predicted octanol–water partition coefficient (Wildman–Crippen LogP) is 7.36. The van der Waals surface area contributed by atoms with Gasteiger partial charge in [0.15, 0.2) is 34.8 Å². The molecule has 0 amide bonds. The van der Waals surface area contributed by atoms with Crippen LogP contribution in [0.15, 0.2) is 42.5 Å². The number of halogens is 6. The third kappa shape index (κ3) is 9.50. The van der Waals surface area contributed by atoms with Crippen LogP contribution in [0.4, 0.5) is 0 Å². The summed E-state index contributed by atoms with van der Waals surface area (Å²) in [6.45, 7) is 3.27. The third-order valence-electron chi connectivity index (χ3n) is 5.28. The zero-order chi connectivity index (χ0) is 31.1. The van der Waals surface area contributed by atoms with E-state index in [0.29, 0.717) is 45.9 Å². The Kier molecular flexibility index (Phi) is 12.0. The van der Waals surface area contributed by atoms with Gasteiger partial charge >= 0.3 is 0 Å². The van der Waals surface area contributed by atoms with Crippen LogP contribution in [0, 0.1) is 13.8 Å². The van der Waals surface area contributed by atoms with E-state index in [0.717, 1.165) is 5.56 Å². The maximum atomic E-state index is 9.33. The molecule has 1 N–H and O–H groups in total. The van der Waals surface area contributed by atoms with Crippen molar-refractivity contribution in [2.24, 2.45) is 0 Å². The fourth-order valence-electron chi connectivity index (χ4n) is 3.44. The standard InChI is InChI=1S/C15H14Cl3N3O2.C12H10Cl3N3O/c1-9-19-13(21-14(20-9)15(16,17)18)7-5-10-4-6-11(22-2)12(8-10)23-3;1-7-16-10(18-11(17-7)12(13,14)15)9-5-3-2-4-8(9)6-19/h4-8H,1-3H3;2-5,19H,6H2,1H3/b7-5+;. The first-order valence-corrected chi connectivity index (χ1v) is 14.2. The molecular formula is C27H24Cl6N6O3. The normalized spacial score (nSPS) is 11.7. The minimum Gasteiger partial charge on any atom is -0.493 e. The molecule has 0 saturated heterocycles. The van der Waals surface area contributed by atoms with Gasteiger partial charge in [0.2, 0.25) is 7.59 Å². The van der Waals surface area contributed by atoms with E-state index in [4.69, 9.17) is 79.1 Å². The number of aromatic nitrogens is 6. The Hall–Kier alpha value is -2.50. The van der Waals surface area contributed by atoms with Gasteiger partial charge in [0.05, 0.1) is 20.8 Å². The SMILES string of the molecule is COc1ccc(/C=C/c2nc(C)nc(C(Cl)(Cl)Cl)n2)cc1OC.Cc1nc(-c2ccccc2CO)nc(C(Cl)(Cl)Cl)n1. The molecule has 0 spiro atoms. The summed E-state index contributed by atoms with van der Waals surface area (Å²) in [5.74, 6) is 3.11. The highest BCUT2D eigenvalue weighted by Gasteiger charge is 2.28. The first kappa shape index (κ1) is 34.0. The second-order valence-corrected chi connectivity index (χ2v) is 12.9. The number of hydrogen-bond acceptors (Lipinski definition) is 9. The number of aliphatic hydroxyl groups excluding tert-OH is 1. The molecule has 0 bridgehead atoms. The van der Waals surface area contributed by atoms with Gasteiger partial charge in [-0.1, -0.05) is 106 Å². The molecule has 222 valence electrons. The van der Waals surface area contributed by atoms with Gasteiger partial charge in [-0.25, -0.2) is 29.9 Å². The first-order valence-electron chi connectivity index (χ1n) is 11.9. The molecule has 2 heterocycles. The molecule has 0 aliphatic rings. The van der Waals surface area contributed by atoms with Crippen molar-refractivity contribution in [3.63, 3.8) is 0 Å². The van der Waals surface area contributed by atoms with Crippen LogP contribution in [-0.4, -0.2) is 49.2 Å². The molecule has 0 aliphatic carbocycles. The zero-order valence-corrected chi connectivity index (χ0v) is 27.2. The summed E-state index contributed by atoms with van der Waals surface area (Å²) < 4.78 is 7.05. The Morgan fingerprint density at radius 1 is 0.714 bits per heavy atom. The summed E-state index contributed by atoms with van der Waals surface area (Å²) in [6.07, 6.45) is 3.52. The molecule has 4 aromatic rings. The van der Waals surface area contributed by atoms with Gasteiger partial charge in [0.1, 0.15) is 11.6 Å². The van der Waals surface area contributed by atoms with Crippen LogP contribution in [0.2, 0.25) is 0 Å². The third-order valence-corrected chi connectivity index (χ3v) is 6.29. The minimum absolute atomic E-state index is 0.0627. The van der Waals surface area contributed by atoms with Crippen molar-refractivity contribution in [3.05, 3.63) is 82.7 Å². The smallest absolute Gasteiger partial charge is 0.250 e. The zero-order valence-electron chi connectivity index (χ0n) is 22.6. The van der Waals surface area contributed by atoms with Crippen LogP contribution in [0.5, 0.6) is 11.5 Å². The van der Waals surface area contributed by atoms with Crippen molar-refractivity contribution in [3.8, 4) is 22.9 Å². The molecule has 42 heavy (non-hydrogen) atoms. The van der Waals surface area contributed by atoms with Crippen molar-refractivity contribution < 1.29 is 14.6 Å². The molecule has 0 radical (unpaired) electrons. The molecule has 2 aromatic carbocycles. The van der Waals surface area contributed by atoms with E-state index in [2.05, 4.69) is 29.9 Å². The lowest BCUT2D eigenvalue weighted by molar-refractivity contribution is 0.282. The van der Waals surface area contributed by atoms with E-state index in [1.54, 1.807) is 46.3 Å². The number of methoxy groups -OCH3 is 2. The largest absolute Gasteiger partial charge is 0.493 e. The highest BCUT2D eigenvalue weighted by Crippen LogP contribution is 2.37. The van der Waals surface area contributed by atoms with Crippen molar-refractivity contribution in [2.75, 3.05) is 14.2 Å². The molecule has 0 unspecified atom stereocenters. The Bertz CT molecular complexity index is 1560. The number of rotatable bonds is 6. The number of nitrogens with zero attached hydrogens (tertiary/aromatic N) is 6. The molecule has 15 heteroatoms. The molecule has 0 saturated carbocycles. The fourth-order valence-corrected chi connectivity index (χ4v) is 3.94. The number of aliphatic hydroxyl groups is 1. The Balaban J connectivity index is 0.000000235. The van der Waals surface area contributed by atoms with Crippen molar-refractivity contribution in [1.82, 2.24) is 29.9 Å². The number of alkyl halides is 6. The quantitative estimate of drug-likeness (QED) is 0.207. The Labute approximate surface area is 272 Å². The summed E-state index contributed by atoms with van der Waals surface area (Å²) in [4.78, 5) is 24.7. The average molecular weight is 693 g/mol. The van der Waals surface area contributed by atoms with E-state index in [1.165, 1.54) is 0 Å². The predicted molar refractivity (Wildman–Crippen MR) is 167 cm³/mol. The van der Waals surface area contributed by atoms with E-state index in [-0.39, 0.29) is 18.3 Å². The summed E-state index contributed by atoms with van der Waals surface area (Å²) in [5.41, 5.74) is 2.27. The number of hydrogen-bond donors (Lipinski definition) is 1. The highest BCUT2D eigenvalue weighted by atomic mass is 35.6. The second kappa shape index (κ2) is 14.8. The van der Waals surface area contributed by atoms with Gasteiger partial charge in [0, 0.05) is 5.56 Å². The van der Waals surface area contributed by atoms with Crippen LogP contribution in [-0.2, 0) is 14.2 Å². The second-order valence-electron chi connectivity index (χ2n) is 8.35. The van der Waals surface area contributed by atoms with Crippen molar-refractivity contribution in [1.29, 1.82) is 0 Å². The Morgan fingerprint density at radius 3 is 1.90 bits per heavy atom. The maximum absolute atomic E-state index is 9.33. The monoisotopic (exact) mass is 690 g/mol. The van der Waals surface area contributed by atoms with Crippen LogP contribution in [0.25, 0.3) is 23.5 Å². The molecule has 2 aromatic heterocycles. The minimum atomic E-state index is -1.71. The van der Waals surface area contributed by atoms with E-state index < -0.39 is 7.59 Å². The molecule has 0 atom stereocenters. The van der Waals surface area contributed by atoms with Crippen LogP contribution in [0.1, 0.15) is 40.2 Å². The number of aryl methyl sites for hydroxylation is 2. The topological polar surface area (TPSA) is 116 Å². The van der Waals surface area contributed by atoms with Crippen LogP contribution < -0.4 is 9.47 Å². The summed E-state index contributed by atoms with van der Waals surface area (Å²) in [6, 6.07) is 12.7. The van der Waals surface area contributed by atoms with Crippen LogP contribution in [0.3, 0.4) is 0 Å². The lowest BCUT2D eigenvalue weighted by Crippen LogP contribution is -2.11. The number of ether oxygens (including phenoxy) is 2. The molecule has 0 aliphatic heterocycles. The van der Waals surface area contributed by atoms with E-state index >= 15 is 0 Å². The van der Waals surface area contributed by atoms with Gasteiger partial charge in [-0.3, -0.25) is 0 Å². The lowest BCUT2D eigenvalue weighted by Gasteiger charge is -2.12. The average Bonchev–Trinajstić information content (AvgIpc) is 2.94. The van der Waals surface area contributed by atoms with Gasteiger partial charge < -0.3 is 14.6 Å².